The molecule has 2 rings (SSSR count). The van der Waals surface area contributed by atoms with E-state index < -0.39 is 5.97 Å². The number of hydrogen-bond acceptors (Lipinski definition) is 4. The molecule has 2 aromatic rings. The molecule has 0 unspecified atom stereocenters. The van der Waals surface area contributed by atoms with Gasteiger partial charge in [-0.3, -0.25) is 0 Å². The lowest BCUT2D eigenvalue weighted by Gasteiger charge is -1.99. The van der Waals surface area contributed by atoms with Crippen molar-refractivity contribution in [3.63, 3.8) is 0 Å². The minimum atomic E-state index is -0.527. The van der Waals surface area contributed by atoms with E-state index >= 15 is 0 Å². The molecule has 0 aliphatic heterocycles. The van der Waals surface area contributed by atoms with Crippen LogP contribution in [0.5, 0.6) is 0 Å². The Bertz CT molecular complexity index is 565. The lowest BCUT2D eigenvalue weighted by Crippen LogP contribution is -2.07. The van der Waals surface area contributed by atoms with E-state index in [1.165, 1.54) is 11.3 Å². The topological polar surface area (TPSA) is 46.5 Å². The number of fused-ring (bicyclic) bond motifs is 1. The molecule has 0 aliphatic rings. The number of carbonyl (C=O) groups is 1. The smallest absolute Gasteiger partial charge is 0.349 e. The van der Waals surface area contributed by atoms with Crippen LogP contribution < -0.4 is 0 Å². The molecule has 17 heavy (non-hydrogen) atoms. The van der Waals surface area contributed by atoms with Gasteiger partial charge in [0, 0.05) is 15.1 Å². The molecule has 1 aromatic carbocycles. The van der Waals surface area contributed by atoms with Crippen LogP contribution in [0, 0.1) is 0 Å². The molecular weight excluding hydrogens is 283 g/mol. The van der Waals surface area contributed by atoms with Crippen molar-refractivity contribution in [1.29, 1.82) is 0 Å². The second-order valence-electron chi connectivity index (χ2n) is 3.25. The predicted molar refractivity (Wildman–Crippen MR) is 69.2 cm³/mol. The summed E-state index contributed by atoms with van der Waals surface area (Å²) in [6.45, 7) is -0.246. The first-order valence-electron chi connectivity index (χ1n) is 4.79. The van der Waals surface area contributed by atoms with E-state index in [0.29, 0.717) is 14.9 Å². The maximum atomic E-state index is 11.6. The SMILES string of the molecule is O=C(OCCO)c1sc2cc(Cl)ccc2c1Cl. The number of rotatable bonds is 3. The van der Waals surface area contributed by atoms with Crippen molar-refractivity contribution in [2.45, 2.75) is 0 Å². The van der Waals surface area contributed by atoms with Crippen molar-refractivity contribution in [3.8, 4) is 0 Å². The first kappa shape index (κ1) is 12.6. The molecule has 1 N–H and O–H groups in total. The Morgan fingerprint density at radius 1 is 1.41 bits per heavy atom. The summed E-state index contributed by atoms with van der Waals surface area (Å²) in [4.78, 5) is 12.0. The molecule has 0 fully saturated rings. The molecule has 6 heteroatoms. The first-order chi connectivity index (χ1) is 8.13. The zero-order valence-electron chi connectivity index (χ0n) is 8.57. The van der Waals surface area contributed by atoms with Gasteiger partial charge in [0.1, 0.15) is 11.5 Å². The van der Waals surface area contributed by atoms with Gasteiger partial charge in [0.25, 0.3) is 0 Å². The van der Waals surface area contributed by atoms with Crippen LogP contribution >= 0.6 is 34.5 Å². The van der Waals surface area contributed by atoms with Crippen molar-refractivity contribution in [2.75, 3.05) is 13.2 Å². The van der Waals surface area contributed by atoms with Gasteiger partial charge < -0.3 is 9.84 Å². The van der Waals surface area contributed by atoms with Crippen LogP contribution in [0.4, 0.5) is 0 Å². The summed E-state index contributed by atoms with van der Waals surface area (Å²) < 4.78 is 5.65. The summed E-state index contributed by atoms with van der Waals surface area (Å²) in [6.07, 6.45) is 0. The van der Waals surface area contributed by atoms with Crippen LogP contribution in [0.3, 0.4) is 0 Å². The number of carbonyl (C=O) groups excluding carboxylic acids is 1. The van der Waals surface area contributed by atoms with Crippen LogP contribution in [0.1, 0.15) is 9.67 Å². The molecule has 0 bridgehead atoms. The quantitative estimate of drug-likeness (QED) is 0.882. The fourth-order valence-electron chi connectivity index (χ4n) is 1.37. The largest absolute Gasteiger partial charge is 0.459 e. The lowest BCUT2D eigenvalue weighted by molar-refractivity contribution is 0.0439. The summed E-state index contributed by atoms with van der Waals surface area (Å²) in [5.74, 6) is -0.527. The standard InChI is InChI=1S/C11H8Cl2O3S/c12-6-1-2-7-8(5-6)17-10(9(7)13)11(15)16-4-3-14/h1-2,5,14H,3-4H2. The van der Waals surface area contributed by atoms with Crippen molar-refractivity contribution in [3.05, 3.63) is 33.1 Å². The third-order valence-corrected chi connectivity index (χ3v) is 3.97. The van der Waals surface area contributed by atoms with E-state index in [0.717, 1.165) is 10.1 Å². The lowest BCUT2D eigenvalue weighted by atomic mass is 10.2. The van der Waals surface area contributed by atoms with Crippen molar-refractivity contribution >= 4 is 50.6 Å². The van der Waals surface area contributed by atoms with Gasteiger partial charge in [0.05, 0.1) is 11.6 Å². The van der Waals surface area contributed by atoms with E-state index in [2.05, 4.69) is 0 Å². The first-order valence-corrected chi connectivity index (χ1v) is 6.36. The Labute approximate surface area is 112 Å². The molecule has 0 radical (unpaired) electrons. The maximum absolute atomic E-state index is 11.6. The highest BCUT2D eigenvalue weighted by atomic mass is 35.5. The highest BCUT2D eigenvalue weighted by molar-refractivity contribution is 7.21. The second kappa shape index (κ2) is 5.23. The normalized spacial score (nSPS) is 10.8. The van der Waals surface area contributed by atoms with E-state index in [-0.39, 0.29) is 13.2 Å². The van der Waals surface area contributed by atoms with Crippen molar-refractivity contribution < 1.29 is 14.6 Å². The molecule has 0 aliphatic carbocycles. The summed E-state index contributed by atoms with van der Waals surface area (Å²) >= 11 is 13.2. The average molecular weight is 291 g/mol. The third kappa shape index (κ3) is 2.55. The molecule has 0 saturated heterocycles. The number of benzene rings is 1. The van der Waals surface area contributed by atoms with E-state index in [1.54, 1.807) is 18.2 Å². The Morgan fingerprint density at radius 2 is 2.18 bits per heavy atom. The highest BCUT2D eigenvalue weighted by Crippen LogP contribution is 2.36. The highest BCUT2D eigenvalue weighted by Gasteiger charge is 2.18. The van der Waals surface area contributed by atoms with Gasteiger partial charge in [-0.25, -0.2) is 4.79 Å². The fraction of sp³-hybridized carbons (Fsp3) is 0.182. The number of halogens is 2. The van der Waals surface area contributed by atoms with Gasteiger partial charge in [0.15, 0.2) is 0 Å². The van der Waals surface area contributed by atoms with Crippen LogP contribution in [-0.4, -0.2) is 24.3 Å². The number of esters is 1. The molecule has 0 atom stereocenters. The maximum Gasteiger partial charge on any atom is 0.349 e. The molecule has 1 heterocycles. The molecular formula is C11H8Cl2O3S. The van der Waals surface area contributed by atoms with Crippen molar-refractivity contribution in [1.82, 2.24) is 0 Å². The van der Waals surface area contributed by atoms with Crippen LogP contribution in [-0.2, 0) is 4.74 Å². The summed E-state index contributed by atoms with van der Waals surface area (Å²) in [6, 6.07) is 5.22. The van der Waals surface area contributed by atoms with Gasteiger partial charge in [-0.1, -0.05) is 29.3 Å². The van der Waals surface area contributed by atoms with Gasteiger partial charge in [-0.05, 0) is 12.1 Å². The van der Waals surface area contributed by atoms with E-state index in [4.69, 9.17) is 33.0 Å². The molecule has 3 nitrogen and oxygen atoms in total. The second-order valence-corrected chi connectivity index (χ2v) is 5.11. The van der Waals surface area contributed by atoms with Crippen LogP contribution in [0.2, 0.25) is 10.0 Å². The third-order valence-electron chi connectivity index (χ3n) is 2.10. The minimum absolute atomic E-state index is 0.0375. The van der Waals surface area contributed by atoms with Crippen molar-refractivity contribution in [2.24, 2.45) is 0 Å². The average Bonchev–Trinajstić information content (AvgIpc) is 2.63. The Balaban J connectivity index is 2.41. The summed E-state index contributed by atoms with van der Waals surface area (Å²) in [5, 5.41) is 10.3. The van der Waals surface area contributed by atoms with Gasteiger partial charge in [-0.15, -0.1) is 11.3 Å². The summed E-state index contributed by atoms with van der Waals surface area (Å²) in [7, 11) is 0. The Kier molecular flexibility index (Phi) is 3.89. The Hall–Kier alpha value is -0.810. The fourth-order valence-corrected chi connectivity index (χ4v) is 3.05. The van der Waals surface area contributed by atoms with E-state index in [1.807, 2.05) is 0 Å². The number of hydrogen-bond donors (Lipinski definition) is 1. The number of aliphatic hydroxyl groups excluding tert-OH is 1. The molecule has 90 valence electrons. The van der Waals surface area contributed by atoms with Gasteiger partial charge in [0.2, 0.25) is 0 Å². The molecule has 0 saturated carbocycles. The number of thiophene rings is 1. The van der Waals surface area contributed by atoms with Crippen LogP contribution in [0.15, 0.2) is 18.2 Å². The zero-order valence-corrected chi connectivity index (χ0v) is 10.9. The number of ether oxygens (including phenoxy) is 1. The summed E-state index contributed by atoms with van der Waals surface area (Å²) in [5.41, 5.74) is 0. The van der Waals surface area contributed by atoms with Gasteiger partial charge in [-0.2, -0.15) is 0 Å². The van der Waals surface area contributed by atoms with Gasteiger partial charge >= 0.3 is 5.97 Å². The monoisotopic (exact) mass is 290 g/mol. The Morgan fingerprint density at radius 3 is 2.88 bits per heavy atom. The minimum Gasteiger partial charge on any atom is -0.459 e. The van der Waals surface area contributed by atoms with Crippen LogP contribution in [0.25, 0.3) is 10.1 Å². The molecule has 0 spiro atoms. The predicted octanol–water partition coefficient (Wildman–Crippen LogP) is 3.36. The molecule has 0 amide bonds. The zero-order chi connectivity index (χ0) is 12.4. The molecule has 1 aromatic heterocycles. The number of aliphatic hydroxyl groups is 1. The van der Waals surface area contributed by atoms with E-state index in [9.17, 15) is 4.79 Å².